The van der Waals surface area contributed by atoms with Crippen LogP contribution in [0.15, 0.2) is 48.5 Å². The molecule has 31 heavy (non-hydrogen) atoms. The van der Waals surface area contributed by atoms with Crippen LogP contribution in [0.2, 0.25) is 0 Å². The molecule has 2 aromatic carbocycles. The minimum Gasteiger partial charge on any atom is -0.493 e. The first-order valence-corrected chi connectivity index (χ1v) is 9.17. The fourth-order valence-electron chi connectivity index (χ4n) is 2.87. The number of hydrogen-bond acceptors (Lipinski definition) is 6. The van der Waals surface area contributed by atoms with E-state index >= 15 is 0 Å². The Labute approximate surface area is 177 Å². The molecule has 1 unspecified atom stereocenters. The maximum Gasteiger partial charge on any atom is 0.436 e. The molecule has 0 aliphatic rings. The van der Waals surface area contributed by atoms with Gasteiger partial charge in [0, 0.05) is 12.1 Å². The number of rotatable bonds is 9. The van der Waals surface area contributed by atoms with Crippen LogP contribution in [0.5, 0.6) is 11.5 Å². The van der Waals surface area contributed by atoms with Crippen molar-refractivity contribution < 1.29 is 37.0 Å². The minimum atomic E-state index is -5.18. The third-order valence-corrected chi connectivity index (χ3v) is 4.51. The molecule has 0 aliphatic carbocycles. The van der Waals surface area contributed by atoms with Gasteiger partial charge < -0.3 is 19.5 Å². The van der Waals surface area contributed by atoms with Crippen LogP contribution in [-0.4, -0.2) is 51.6 Å². The molecule has 2 N–H and O–H groups in total. The van der Waals surface area contributed by atoms with Gasteiger partial charge in [-0.25, -0.2) is 4.79 Å². The van der Waals surface area contributed by atoms with E-state index in [-0.39, 0.29) is 18.5 Å². The molecule has 1 atom stereocenters. The number of nitrogens with one attached hydrogen (secondary N) is 2. The predicted molar refractivity (Wildman–Crippen MR) is 106 cm³/mol. The molecular weight excluding hydrogens is 417 g/mol. The molecule has 0 aliphatic heterocycles. The van der Waals surface area contributed by atoms with Gasteiger partial charge in [-0.15, -0.1) is 0 Å². The van der Waals surface area contributed by atoms with Crippen molar-refractivity contribution in [3.05, 3.63) is 59.7 Å². The molecule has 0 heterocycles. The molecule has 0 radical (unpaired) electrons. The molecule has 2 rings (SSSR count). The van der Waals surface area contributed by atoms with Crippen LogP contribution in [0.4, 0.5) is 13.2 Å². The zero-order valence-corrected chi connectivity index (χ0v) is 17.2. The second-order valence-electron chi connectivity index (χ2n) is 6.43. The highest BCUT2D eigenvalue weighted by molar-refractivity contribution is 5.98. The number of amides is 1. The van der Waals surface area contributed by atoms with E-state index in [1.54, 1.807) is 29.6 Å². The number of esters is 1. The molecule has 0 spiro atoms. The molecule has 0 bridgehead atoms. The van der Waals surface area contributed by atoms with Crippen LogP contribution in [0.25, 0.3) is 0 Å². The Kier molecular flexibility index (Phi) is 7.87. The van der Waals surface area contributed by atoms with Crippen molar-refractivity contribution in [1.29, 1.82) is 0 Å². The SMILES string of the molecule is COC(=O)C(NCCc1ccc(OC)c(OC)c1)(NC(=O)c1ccccc1)C(F)(F)F. The van der Waals surface area contributed by atoms with Gasteiger partial charge >= 0.3 is 12.1 Å². The number of halogens is 3. The molecule has 1 amide bonds. The van der Waals surface area contributed by atoms with Gasteiger partial charge in [-0.05, 0) is 36.2 Å². The lowest BCUT2D eigenvalue weighted by molar-refractivity contribution is -0.217. The predicted octanol–water partition coefficient (Wildman–Crippen LogP) is 2.70. The van der Waals surface area contributed by atoms with Crippen LogP contribution in [-0.2, 0) is 16.0 Å². The molecule has 168 valence electrons. The molecule has 0 fully saturated rings. The van der Waals surface area contributed by atoms with E-state index in [9.17, 15) is 22.8 Å². The van der Waals surface area contributed by atoms with Gasteiger partial charge in [0.05, 0.1) is 21.3 Å². The molecule has 0 saturated carbocycles. The van der Waals surface area contributed by atoms with Crippen molar-refractivity contribution in [2.45, 2.75) is 18.3 Å². The van der Waals surface area contributed by atoms with Crippen molar-refractivity contribution in [3.8, 4) is 11.5 Å². The summed E-state index contributed by atoms with van der Waals surface area (Å²) in [6, 6.07) is 12.1. The van der Waals surface area contributed by atoms with Gasteiger partial charge in [-0.3, -0.25) is 10.1 Å². The highest BCUT2D eigenvalue weighted by Crippen LogP contribution is 2.31. The zero-order valence-electron chi connectivity index (χ0n) is 17.2. The first kappa shape index (κ1) is 24.0. The van der Waals surface area contributed by atoms with Gasteiger partial charge in [0.1, 0.15) is 0 Å². The van der Waals surface area contributed by atoms with E-state index in [0.717, 1.165) is 7.11 Å². The Balaban J connectivity index is 2.26. The smallest absolute Gasteiger partial charge is 0.436 e. The third-order valence-electron chi connectivity index (χ3n) is 4.51. The van der Waals surface area contributed by atoms with E-state index in [0.29, 0.717) is 17.1 Å². The largest absolute Gasteiger partial charge is 0.493 e. The van der Waals surface area contributed by atoms with E-state index in [1.165, 1.54) is 38.5 Å². The monoisotopic (exact) mass is 440 g/mol. The van der Waals surface area contributed by atoms with E-state index < -0.39 is 23.7 Å². The summed E-state index contributed by atoms with van der Waals surface area (Å²) in [7, 11) is 3.71. The van der Waals surface area contributed by atoms with Crippen molar-refractivity contribution in [3.63, 3.8) is 0 Å². The summed E-state index contributed by atoms with van der Waals surface area (Å²) in [6.07, 6.45) is -5.08. The summed E-state index contributed by atoms with van der Waals surface area (Å²) >= 11 is 0. The maximum atomic E-state index is 14.0. The average molecular weight is 440 g/mol. The van der Waals surface area contributed by atoms with Crippen LogP contribution < -0.4 is 20.1 Å². The lowest BCUT2D eigenvalue weighted by atomic mass is 10.1. The van der Waals surface area contributed by atoms with Gasteiger partial charge in [-0.1, -0.05) is 24.3 Å². The van der Waals surface area contributed by atoms with Gasteiger partial charge in [0.2, 0.25) is 0 Å². The number of hydrogen-bond donors (Lipinski definition) is 2. The topological polar surface area (TPSA) is 85.9 Å². The maximum absolute atomic E-state index is 14.0. The summed E-state index contributed by atoms with van der Waals surface area (Å²) in [4.78, 5) is 24.6. The number of methoxy groups -OCH3 is 3. The average Bonchev–Trinajstić information content (AvgIpc) is 2.77. The fraction of sp³-hybridized carbons (Fsp3) is 0.333. The van der Waals surface area contributed by atoms with Gasteiger partial charge in [-0.2, -0.15) is 13.2 Å². The Hall–Kier alpha value is -3.27. The second-order valence-corrected chi connectivity index (χ2v) is 6.43. The molecule has 0 aromatic heterocycles. The Morgan fingerprint density at radius 1 is 0.935 bits per heavy atom. The zero-order chi connectivity index (χ0) is 23.1. The standard InChI is InChI=1S/C21H23F3N2O5/c1-29-16-10-9-14(13-17(16)30-2)11-12-25-20(19(28)31-3,21(22,23)24)26-18(27)15-7-5-4-6-8-15/h4-10,13,25H,11-12H2,1-3H3,(H,26,27). The first-order chi connectivity index (χ1) is 14.7. The summed E-state index contributed by atoms with van der Waals surface area (Å²) < 4.78 is 56.7. The molecule has 0 saturated heterocycles. The number of carbonyl (C=O) groups is 2. The number of carbonyl (C=O) groups excluding carboxylic acids is 2. The van der Waals surface area contributed by atoms with Crippen LogP contribution in [0.3, 0.4) is 0 Å². The second kappa shape index (κ2) is 10.2. The van der Waals surface area contributed by atoms with Crippen LogP contribution >= 0.6 is 0 Å². The summed E-state index contributed by atoms with van der Waals surface area (Å²) in [5.74, 6) is -1.89. The highest BCUT2D eigenvalue weighted by atomic mass is 19.4. The fourth-order valence-corrected chi connectivity index (χ4v) is 2.87. The molecular formula is C21H23F3N2O5. The Bertz CT molecular complexity index is 906. The lowest BCUT2D eigenvalue weighted by Gasteiger charge is -2.34. The Morgan fingerprint density at radius 2 is 1.58 bits per heavy atom. The van der Waals surface area contributed by atoms with Crippen LogP contribution in [0, 0.1) is 0 Å². The van der Waals surface area contributed by atoms with E-state index in [1.807, 2.05) is 0 Å². The minimum absolute atomic E-state index is 0.0401. The van der Waals surface area contributed by atoms with Crippen molar-refractivity contribution >= 4 is 11.9 Å². The van der Waals surface area contributed by atoms with Crippen molar-refractivity contribution in [2.75, 3.05) is 27.9 Å². The summed E-state index contributed by atoms with van der Waals surface area (Å²) in [5.41, 5.74) is -2.84. The van der Waals surface area contributed by atoms with Crippen molar-refractivity contribution in [2.24, 2.45) is 0 Å². The number of ether oxygens (including phenoxy) is 3. The van der Waals surface area contributed by atoms with E-state index in [4.69, 9.17) is 9.47 Å². The molecule has 10 heteroatoms. The van der Waals surface area contributed by atoms with Gasteiger partial charge in [0.15, 0.2) is 11.5 Å². The number of alkyl halides is 3. The van der Waals surface area contributed by atoms with Gasteiger partial charge in [0.25, 0.3) is 11.6 Å². The lowest BCUT2D eigenvalue weighted by Crippen LogP contribution is -2.72. The number of benzene rings is 2. The highest BCUT2D eigenvalue weighted by Gasteiger charge is 2.62. The van der Waals surface area contributed by atoms with Crippen molar-refractivity contribution in [1.82, 2.24) is 10.6 Å². The summed E-state index contributed by atoms with van der Waals surface area (Å²) in [6.45, 7) is -0.306. The first-order valence-electron chi connectivity index (χ1n) is 9.17. The molecule has 7 nitrogen and oxygen atoms in total. The van der Waals surface area contributed by atoms with Crippen LogP contribution in [0.1, 0.15) is 15.9 Å². The quantitative estimate of drug-likeness (QED) is 0.461. The Morgan fingerprint density at radius 3 is 2.13 bits per heavy atom. The third kappa shape index (κ3) is 5.46. The van der Waals surface area contributed by atoms with E-state index in [2.05, 4.69) is 10.1 Å². The molecule has 2 aromatic rings. The normalized spacial score (nSPS) is 13.1. The summed E-state index contributed by atoms with van der Waals surface area (Å²) in [5, 5.41) is 3.91.